The summed E-state index contributed by atoms with van der Waals surface area (Å²) in [5.74, 6) is -0.130. The molecule has 152 valence electrons. The third-order valence-electron chi connectivity index (χ3n) is 4.57. The molecule has 1 aromatic heterocycles. The van der Waals surface area contributed by atoms with Gasteiger partial charge in [-0.15, -0.1) is 5.10 Å². The summed E-state index contributed by atoms with van der Waals surface area (Å²) in [5.41, 5.74) is 2.86. The monoisotopic (exact) mass is 396 g/mol. The van der Waals surface area contributed by atoms with Crippen LogP contribution in [0.4, 0.5) is 0 Å². The van der Waals surface area contributed by atoms with Crippen LogP contribution in [0.1, 0.15) is 29.8 Å². The summed E-state index contributed by atoms with van der Waals surface area (Å²) in [4.78, 5) is 24.6. The van der Waals surface area contributed by atoms with E-state index in [0.717, 1.165) is 16.8 Å². The van der Waals surface area contributed by atoms with E-state index in [1.54, 1.807) is 36.9 Å². The molecule has 1 N–H and O–H groups in total. The number of carbonyl (C=O) groups is 2. The van der Waals surface area contributed by atoms with E-state index in [9.17, 15) is 9.59 Å². The Bertz CT molecular complexity index is 998. The molecule has 1 atom stereocenters. The van der Waals surface area contributed by atoms with Crippen LogP contribution in [0.3, 0.4) is 0 Å². The minimum absolute atomic E-state index is 0.332. The summed E-state index contributed by atoms with van der Waals surface area (Å²) in [6.45, 7) is 4.64. The number of ether oxygens (including phenoxy) is 2. The Morgan fingerprint density at radius 3 is 2.62 bits per heavy atom. The number of aromatic nitrogens is 3. The van der Waals surface area contributed by atoms with Gasteiger partial charge in [0, 0.05) is 13.1 Å². The maximum Gasteiger partial charge on any atom is 0.338 e. The molecule has 0 aliphatic carbocycles. The van der Waals surface area contributed by atoms with Crippen molar-refractivity contribution in [1.29, 1.82) is 0 Å². The third kappa shape index (κ3) is 4.90. The van der Waals surface area contributed by atoms with Gasteiger partial charge in [0.05, 0.1) is 18.2 Å². The first kappa shape index (κ1) is 20.3. The molecule has 0 bridgehead atoms. The van der Waals surface area contributed by atoms with Gasteiger partial charge in [0.2, 0.25) is 0 Å². The van der Waals surface area contributed by atoms with Gasteiger partial charge in [0.15, 0.2) is 6.10 Å². The van der Waals surface area contributed by atoms with Gasteiger partial charge < -0.3 is 14.8 Å². The first-order valence-corrected chi connectivity index (χ1v) is 9.46. The standard InChI is InChI=1S/C21H24N4O4/c1-4-25-19-10-7-16(13-18(19)23-24-25)21(27)29-14(2)20(26)22-12-11-15-5-8-17(28-3)9-6-15/h5-10,13-14H,4,11-12H2,1-3H3,(H,22,26)/t14-/m0/s1. The SMILES string of the molecule is CCn1nnc2cc(C(=O)O[C@@H](C)C(=O)NCCc3ccc(OC)cc3)ccc21. The number of carbonyl (C=O) groups excluding carboxylic acids is 2. The average molecular weight is 396 g/mol. The highest BCUT2D eigenvalue weighted by molar-refractivity contribution is 5.95. The van der Waals surface area contributed by atoms with Crippen molar-refractivity contribution >= 4 is 22.9 Å². The maximum absolute atomic E-state index is 12.4. The Kier molecular flexibility index (Phi) is 6.43. The van der Waals surface area contributed by atoms with Crippen molar-refractivity contribution in [3.8, 4) is 5.75 Å². The lowest BCUT2D eigenvalue weighted by atomic mass is 10.1. The van der Waals surface area contributed by atoms with Crippen LogP contribution >= 0.6 is 0 Å². The molecular weight excluding hydrogens is 372 g/mol. The quantitative estimate of drug-likeness (QED) is 0.588. The largest absolute Gasteiger partial charge is 0.497 e. The van der Waals surface area contributed by atoms with Crippen molar-refractivity contribution in [1.82, 2.24) is 20.3 Å². The number of rotatable bonds is 8. The molecule has 0 aliphatic rings. The molecule has 0 unspecified atom stereocenters. The predicted molar refractivity (Wildman–Crippen MR) is 108 cm³/mol. The van der Waals surface area contributed by atoms with Crippen LogP contribution in [-0.4, -0.2) is 46.6 Å². The van der Waals surface area contributed by atoms with Crippen LogP contribution in [0.15, 0.2) is 42.5 Å². The molecule has 29 heavy (non-hydrogen) atoms. The highest BCUT2D eigenvalue weighted by Crippen LogP contribution is 2.15. The van der Waals surface area contributed by atoms with Gasteiger partial charge in [-0.25, -0.2) is 9.48 Å². The molecule has 0 radical (unpaired) electrons. The molecule has 3 rings (SSSR count). The van der Waals surface area contributed by atoms with Gasteiger partial charge in [-0.3, -0.25) is 4.79 Å². The van der Waals surface area contributed by atoms with Crippen LogP contribution < -0.4 is 10.1 Å². The minimum Gasteiger partial charge on any atom is -0.497 e. The zero-order chi connectivity index (χ0) is 20.8. The molecule has 2 aromatic carbocycles. The second-order valence-corrected chi connectivity index (χ2v) is 6.55. The summed E-state index contributed by atoms with van der Waals surface area (Å²) in [5, 5.41) is 10.8. The molecule has 3 aromatic rings. The third-order valence-corrected chi connectivity index (χ3v) is 4.57. The number of aryl methyl sites for hydroxylation is 1. The number of hydrogen-bond acceptors (Lipinski definition) is 6. The molecule has 0 saturated carbocycles. The molecule has 0 aliphatic heterocycles. The molecule has 0 saturated heterocycles. The van der Waals surface area contributed by atoms with E-state index in [-0.39, 0.29) is 5.91 Å². The lowest BCUT2D eigenvalue weighted by Crippen LogP contribution is -2.36. The lowest BCUT2D eigenvalue weighted by molar-refractivity contribution is -0.129. The molecule has 1 amide bonds. The second-order valence-electron chi connectivity index (χ2n) is 6.55. The number of amides is 1. The topological polar surface area (TPSA) is 95.3 Å². The highest BCUT2D eigenvalue weighted by atomic mass is 16.5. The molecule has 8 heteroatoms. The molecule has 0 spiro atoms. The van der Waals surface area contributed by atoms with Gasteiger partial charge in [-0.1, -0.05) is 17.3 Å². The Morgan fingerprint density at radius 1 is 1.17 bits per heavy atom. The van der Waals surface area contributed by atoms with Crippen molar-refractivity contribution in [2.75, 3.05) is 13.7 Å². The van der Waals surface area contributed by atoms with Crippen molar-refractivity contribution in [3.05, 3.63) is 53.6 Å². The van der Waals surface area contributed by atoms with Gasteiger partial charge in [0.25, 0.3) is 5.91 Å². The summed E-state index contributed by atoms with van der Waals surface area (Å²) in [7, 11) is 1.62. The van der Waals surface area contributed by atoms with Gasteiger partial charge >= 0.3 is 5.97 Å². The zero-order valence-electron chi connectivity index (χ0n) is 16.7. The minimum atomic E-state index is -0.902. The molecule has 1 heterocycles. The van der Waals surface area contributed by atoms with E-state index in [0.29, 0.717) is 30.6 Å². The number of esters is 1. The molecular formula is C21H24N4O4. The number of hydrogen-bond donors (Lipinski definition) is 1. The fraction of sp³-hybridized carbons (Fsp3) is 0.333. The average Bonchev–Trinajstić information content (AvgIpc) is 3.16. The maximum atomic E-state index is 12.4. The van der Waals surface area contributed by atoms with Crippen LogP contribution in [0.2, 0.25) is 0 Å². The van der Waals surface area contributed by atoms with Crippen LogP contribution in [0.5, 0.6) is 5.75 Å². The first-order valence-electron chi connectivity index (χ1n) is 9.46. The lowest BCUT2D eigenvalue weighted by Gasteiger charge is -2.13. The number of methoxy groups -OCH3 is 1. The molecule has 0 fully saturated rings. The smallest absolute Gasteiger partial charge is 0.338 e. The normalized spacial score (nSPS) is 11.8. The van der Waals surface area contributed by atoms with E-state index in [4.69, 9.17) is 9.47 Å². The Labute approximate surface area is 168 Å². The van der Waals surface area contributed by atoms with E-state index in [1.807, 2.05) is 31.2 Å². The second kappa shape index (κ2) is 9.18. The fourth-order valence-corrected chi connectivity index (χ4v) is 2.88. The summed E-state index contributed by atoms with van der Waals surface area (Å²) >= 11 is 0. The van der Waals surface area contributed by atoms with Gasteiger partial charge in [-0.05, 0) is 56.2 Å². The van der Waals surface area contributed by atoms with Crippen LogP contribution in [0.25, 0.3) is 11.0 Å². The van der Waals surface area contributed by atoms with Gasteiger partial charge in [0.1, 0.15) is 11.3 Å². The van der Waals surface area contributed by atoms with Crippen molar-refractivity contribution < 1.29 is 19.1 Å². The number of benzene rings is 2. The highest BCUT2D eigenvalue weighted by Gasteiger charge is 2.19. The number of nitrogens with one attached hydrogen (secondary N) is 1. The zero-order valence-corrected chi connectivity index (χ0v) is 16.7. The van der Waals surface area contributed by atoms with E-state index in [2.05, 4.69) is 15.6 Å². The predicted octanol–water partition coefficient (Wildman–Crippen LogP) is 2.36. The number of fused-ring (bicyclic) bond motifs is 1. The number of nitrogens with zero attached hydrogens (tertiary/aromatic N) is 3. The summed E-state index contributed by atoms with van der Waals surface area (Å²) in [6, 6.07) is 12.7. The Hall–Kier alpha value is -3.42. The Balaban J connectivity index is 1.51. The Morgan fingerprint density at radius 2 is 1.93 bits per heavy atom. The van der Waals surface area contributed by atoms with Crippen molar-refractivity contribution in [3.63, 3.8) is 0 Å². The van der Waals surface area contributed by atoms with Crippen LogP contribution in [-0.2, 0) is 22.5 Å². The summed E-state index contributed by atoms with van der Waals surface area (Å²) in [6.07, 6.45) is -0.236. The van der Waals surface area contributed by atoms with Gasteiger partial charge in [-0.2, -0.15) is 0 Å². The van der Waals surface area contributed by atoms with E-state index >= 15 is 0 Å². The van der Waals surface area contributed by atoms with Crippen LogP contribution in [0, 0.1) is 0 Å². The first-order chi connectivity index (χ1) is 14.0. The van der Waals surface area contributed by atoms with Crippen molar-refractivity contribution in [2.45, 2.75) is 32.9 Å². The van der Waals surface area contributed by atoms with Crippen molar-refractivity contribution in [2.24, 2.45) is 0 Å². The van der Waals surface area contributed by atoms with E-state index < -0.39 is 12.1 Å². The molecule has 8 nitrogen and oxygen atoms in total. The summed E-state index contributed by atoms with van der Waals surface area (Å²) < 4.78 is 12.2. The fourth-order valence-electron chi connectivity index (χ4n) is 2.88. The van der Waals surface area contributed by atoms with E-state index in [1.165, 1.54) is 0 Å².